The Morgan fingerprint density at radius 2 is 2.38 bits per heavy atom. The predicted molar refractivity (Wildman–Crippen MR) is 57.0 cm³/mol. The van der Waals surface area contributed by atoms with Gasteiger partial charge in [-0.2, -0.15) is 0 Å². The molecule has 1 aromatic rings. The summed E-state index contributed by atoms with van der Waals surface area (Å²) in [7, 11) is 0. The first kappa shape index (κ1) is 9.19. The van der Waals surface area contributed by atoms with E-state index in [1.807, 2.05) is 11.3 Å². The molecule has 1 aliphatic heterocycles. The first-order chi connectivity index (χ1) is 6.20. The SMILES string of the molecule is CC(C)c1csc2c1C(N)CNC2. The fourth-order valence-corrected chi connectivity index (χ4v) is 3.12. The van der Waals surface area contributed by atoms with Crippen LogP contribution in [-0.4, -0.2) is 6.54 Å². The summed E-state index contributed by atoms with van der Waals surface area (Å²) < 4.78 is 0. The third-order valence-corrected chi connectivity index (χ3v) is 3.60. The molecular weight excluding hydrogens is 180 g/mol. The second-order valence-corrected chi connectivity index (χ2v) is 4.88. The Morgan fingerprint density at radius 3 is 3.08 bits per heavy atom. The van der Waals surface area contributed by atoms with Gasteiger partial charge in [-0.15, -0.1) is 11.3 Å². The molecule has 0 bridgehead atoms. The summed E-state index contributed by atoms with van der Waals surface area (Å²) in [5.74, 6) is 0.601. The van der Waals surface area contributed by atoms with Crippen LogP contribution >= 0.6 is 11.3 Å². The lowest BCUT2D eigenvalue weighted by Crippen LogP contribution is -2.32. The normalized spacial score (nSPS) is 22.0. The number of nitrogens with two attached hydrogens (primary N) is 1. The molecule has 72 valence electrons. The van der Waals surface area contributed by atoms with E-state index >= 15 is 0 Å². The minimum Gasteiger partial charge on any atom is -0.323 e. The molecule has 13 heavy (non-hydrogen) atoms. The summed E-state index contributed by atoms with van der Waals surface area (Å²) >= 11 is 1.84. The third-order valence-electron chi connectivity index (χ3n) is 2.58. The van der Waals surface area contributed by atoms with Gasteiger partial charge in [0.15, 0.2) is 0 Å². The first-order valence-corrected chi connectivity index (χ1v) is 5.64. The number of hydrogen-bond donors (Lipinski definition) is 2. The highest BCUT2D eigenvalue weighted by atomic mass is 32.1. The molecule has 3 N–H and O–H groups in total. The molecule has 1 aromatic heterocycles. The van der Waals surface area contributed by atoms with Crippen LogP contribution < -0.4 is 11.1 Å². The van der Waals surface area contributed by atoms with Gasteiger partial charge in [0.05, 0.1) is 0 Å². The van der Waals surface area contributed by atoms with Crippen molar-refractivity contribution in [3.63, 3.8) is 0 Å². The van der Waals surface area contributed by atoms with Crippen LogP contribution in [0.4, 0.5) is 0 Å². The van der Waals surface area contributed by atoms with E-state index < -0.39 is 0 Å². The highest BCUT2D eigenvalue weighted by Gasteiger charge is 2.22. The van der Waals surface area contributed by atoms with Gasteiger partial charge in [-0.1, -0.05) is 13.8 Å². The van der Waals surface area contributed by atoms with Crippen LogP contribution in [0.5, 0.6) is 0 Å². The van der Waals surface area contributed by atoms with Crippen LogP contribution in [0.2, 0.25) is 0 Å². The Kier molecular flexibility index (Phi) is 2.41. The van der Waals surface area contributed by atoms with Gasteiger partial charge in [0.2, 0.25) is 0 Å². The van der Waals surface area contributed by atoms with Crippen molar-refractivity contribution in [3.8, 4) is 0 Å². The predicted octanol–water partition coefficient (Wildman–Crippen LogP) is 1.97. The Balaban J connectivity index is 2.44. The van der Waals surface area contributed by atoms with E-state index in [9.17, 15) is 0 Å². The lowest BCUT2D eigenvalue weighted by atomic mass is 9.94. The molecular formula is C10H16N2S. The van der Waals surface area contributed by atoms with Gasteiger partial charge in [-0.05, 0) is 22.4 Å². The quantitative estimate of drug-likeness (QED) is 0.720. The number of hydrogen-bond acceptors (Lipinski definition) is 3. The standard InChI is InChI=1S/C10H16N2S/c1-6(2)7-5-13-9-4-12-3-8(11)10(7)9/h5-6,8,12H,3-4,11H2,1-2H3. The first-order valence-electron chi connectivity index (χ1n) is 4.76. The smallest absolute Gasteiger partial charge is 0.0436 e. The van der Waals surface area contributed by atoms with E-state index in [2.05, 4.69) is 24.5 Å². The number of thiophene rings is 1. The highest BCUT2D eigenvalue weighted by molar-refractivity contribution is 7.10. The topological polar surface area (TPSA) is 38.0 Å². The minimum atomic E-state index is 0.201. The molecule has 0 spiro atoms. The fraction of sp³-hybridized carbons (Fsp3) is 0.600. The van der Waals surface area contributed by atoms with Crippen LogP contribution in [0.15, 0.2) is 5.38 Å². The van der Waals surface area contributed by atoms with Crippen LogP contribution in [-0.2, 0) is 6.54 Å². The Bertz CT molecular complexity index is 304. The molecule has 0 aliphatic carbocycles. The molecule has 2 nitrogen and oxygen atoms in total. The summed E-state index contributed by atoms with van der Waals surface area (Å²) in [5.41, 5.74) is 8.94. The fourth-order valence-electron chi connectivity index (χ4n) is 1.87. The Morgan fingerprint density at radius 1 is 1.62 bits per heavy atom. The van der Waals surface area contributed by atoms with Crippen molar-refractivity contribution in [2.45, 2.75) is 32.4 Å². The van der Waals surface area contributed by atoms with E-state index in [0.29, 0.717) is 5.92 Å². The largest absolute Gasteiger partial charge is 0.323 e. The average Bonchev–Trinajstić information content (AvgIpc) is 2.49. The van der Waals surface area contributed by atoms with Crippen molar-refractivity contribution in [2.75, 3.05) is 6.54 Å². The second kappa shape index (κ2) is 3.40. The maximum atomic E-state index is 6.07. The van der Waals surface area contributed by atoms with E-state index in [1.165, 1.54) is 16.0 Å². The molecule has 1 unspecified atom stereocenters. The number of fused-ring (bicyclic) bond motifs is 1. The van der Waals surface area contributed by atoms with Crippen LogP contribution in [0, 0.1) is 0 Å². The van der Waals surface area contributed by atoms with Crippen molar-refractivity contribution >= 4 is 11.3 Å². The van der Waals surface area contributed by atoms with Gasteiger partial charge in [0, 0.05) is 24.0 Å². The zero-order valence-corrected chi connectivity index (χ0v) is 8.95. The molecule has 0 saturated carbocycles. The van der Waals surface area contributed by atoms with Gasteiger partial charge < -0.3 is 11.1 Å². The molecule has 1 aliphatic rings. The van der Waals surface area contributed by atoms with E-state index in [4.69, 9.17) is 5.73 Å². The van der Waals surface area contributed by atoms with Crippen LogP contribution in [0.25, 0.3) is 0 Å². The molecule has 0 saturated heterocycles. The van der Waals surface area contributed by atoms with Gasteiger partial charge >= 0.3 is 0 Å². The van der Waals surface area contributed by atoms with Gasteiger partial charge in [-0.25, -0.2) is 0 Å². The molecule has 0 fully saturated rings. The van der Waals surface area contributed by atoms with Crippen molar-refractivity contribution < 1.29 is 0 Å². The highest BCUT2D eigenvalue weighted by Crippen LogP contribution is 2.34. The van der Waals surface area contributed by atoms with Crippen molar-refractivity contribution in [1.29, 1.82) is 0 Å². The minimum absolute atomic E-state index is 0.201. The van der Waals surface area contributed by atoms with Gasteiger partial charge in [0.25, 0.3) is 0 Å². The zero-order valence-electron chi connectivity index (χ0n) is 8.13. The Labute approximate surface area is 83.1 Å². The van der Waals surface area contributed by atoms with Crippen molar-refractivity contribution in [2.24, 2.45) is 5.73 Å². The molecule has 0 amide bonds. The van der Waals surface area contributed by atoms with Crippen molar-refractivity contribution in [3.05, 3.63) is 21.4 Å². The molecule has 0 radical (unpaired) electrons. The van der Waals surface area contributed by atoms with Crippen molar-refractivity contribution in [1.82, 2.24) is 5.32 Å². The summed E-state index contributed by atoms with van der Waals surface area (Å²) in [4.78, 5) is 1.43. The lowest BCUT2D eigenvalue weighted by Gasteiger charge is -2.22. The summed E-state index contributed by atoms with van der Waals surface area (Å²) in [5, 5.41) is 5.59. The number of nitrogens with one attached hydrogen (secondary N) is 1. The van der Waals surface area contributed by atoms with Gasteiger partial charge in [0.1, 0.15) is 0 Å². The van der Waals surface area contributed by atoms with E-state index in [0.717, 1.165) is 13.1 Å². The van der Waals surface area contributed by atoms with Gasteiger partial charge in [-0.3, -0.25) is 0 Å². The Hall–Kier alpha value is -0.380. The molecule has 3 heteroatoms. The zero-order chi connectivity index (χ0) is 9.42. The summed E-state index contributed by atoms with van der Waals surface area (Å²) in [6.07, 6.45) is 0. The lowest BCUT2D eigenvalue weighted by molar-refractivity contribution is 0.556. The molecule has 0 aromatic carbocycles. The number of rotatable bonds is 1. The average molecular weight is 196 g/mol. The monoisotopic (exact) mass is 196 g/mol. The van der Waals surface area contributed by atoms with Crippen LogP contribution in [0.3, 0.4) is 0 Å². The molecule has 1 atom stereocenters. The maximum absolute atomic E-state index is 6.07. The molecule has 2 rings (SSSR count). The van der Waals surface area contributed by atoms with E-state index in [1.54, 1.807) is 0 Å². The molecule has 2 heterocycles. The van der Waals surface area contributed by atoms with E-state index in [-0.39, 0.29) is 6.04 Å². The van der Waals surface area contributed by atoms with Crippen LogP contribution in [0.1, 0.15) is 41.8 Å². The third kappa shape index (κ3) is 1.52. The summed E-state index contributed by atoms with van der Waals surface area (Å²) in [6, 6.07) is 0.201. The summed E-state index contributed by atoms with van der Waals surface area (Å²) in [6.45, 7) is 6.39. The maximum Gasteiger partial charge on any atom is 0.0436 e. The second-order valence-electron chi connectivity index (χ2n) is 3.92.